The lowest BCUT2D eigenvalue weighted by atomic mass is 10.0. The molecule has 0 aliphatic carbocycles. The molecule has 1 N–H and O–H groups in total. The first kappa shape index (κ1) is 18.8. The first-order chi connectivity index (χ1) is 13.5. The highest BCUT2D eigenvalue weighted by Gasteiger charge is 2.24. The number of carbonyl (C=O) groups is 1. The molecule has 1 saturated heterocycles. The standard InChI is InChI=1S/C21H24N4O2S/c1-14-5-7-16(8-6-14)18(24-9-3-4-10-24)12-22-19(26)17-11-23-21-25(20(17)27)13-15(2)28-21/h5-8,11,13,18H,3-4,9-10,12H2,1-2H3,(H,22,26)/t18-/m0/s1. The molecule has 1 amide bonds. The van der Waals surface area contributed by atoms with Crippen molar-refractivity contribution in [2.75, 3.05) is 19.6 Å². The van der Waals surface area contributed by atoms with Crippen molar-refractivity contribution in [3.05, 3.63) is 68.6 Å². The first-order valence-corrected chi connectivity index (χ1v) is 10.4. The number of aryl methyl sites for hydroxylation is 2. The highest BCUT2D eigenvalue weighted by molar-refractivity contribution is 7.16. The fourth-order valence-corrected chi connectivity index (χ4v) is 4.52. The number of nitrogens with one attached hydrogen (secondary N) is 1. The molecule has 4 rings (SSSR count). The number of hydrogen-bond acceptors (Lipinski definition) is 5. The Hall–Kier alpha value is -2.51. The van der Waals surface area contributed by atoms with Gasteiger partial charge < -0.3 is 5.32 Å². The minimum absolute atomic E-state index is 0.0828. The molecule has 3 aromatic rings. The predicted molar refractivity (Wildman–Crippen MR) is 111 cm³/mol. The average molecular weight is 397 g/mol. The van der Waals surface area contributed by atoms with Gasteiger partial charge in [-0.2, -0.15) is 0 Å². The topological polar surface area (TPSA) is 66.7 Å². The summed E-state index contributed by atoms with van der Waals surface area (Å²) in [7, 11) is 0. The highest BCUT2D eigenvalue weighted by Crippen LogP contribution is 2.25. The van der Waals surface area contributed by atoms with Crippen LogP contribution in [0.25, 0.3) is 4.96 Å². The quantitative estimate of drug-likeness (QED) is 0.720. The Bertz CT molecular complexity index is 1050. The van der Waals surface area contributed by atoms with Crippen LogP contribution < -0.4 is 10.9 Å². The molecule has 1 aliphatic heterocycles. The van der Waals surface area contributed by atoms with Crippen LogP contribution in [-0.2, 0) is 0 Å². The van der Waals surface area contributed by atoms with E-state index in [-0.39, 0.29) is 23.1 Å². The van der Waals surface area contributed by atoms with E-state index in [2.05, 4.69) is 46.4 Å². The molecular formula is C21H24N4O2S. The van der Waals surface area contributed by atoms with Crippen molar-refractivity contribution in [3.8, 4) is 0 Å². The molecule has 1 fully saturated rings. The van der Waals surface area contributed by atoms with Crippen molar-refractivity contribution >= 4 is 22.2 Å². The number of likely N-dealkylation sites (tertiary alicyclic amines) is 1. The zero-order valence-electron chi connectivity index (χ0n) is 16.1. The normalized spacial score (nSPS) is 15.8. The maximum absolute atomic E-state index is 12.7. The van der Waals surface area contributed by atoms with Crippen molar-refractivity contribution in [3.63, 3.8) is 0 Å². The van der Waals surface area contributed by atoms with Crippen LogP contribution in [0, 0.1) is 13.8 Å². The van der Waals surface area contributed by atoms with Gasteiger partial charge in [0.2, 0.25) is 0 Å². The predicted octanol–water partition coefficient (Wildman–Crippen LogP) is 2.94. The van der Waals surface area contributed by atoms with E-state index in [4.69, 9.17) is 0 Å². The van der Waals surface area contributed by atoms with Crippen LogP contribution in [0.2, 0.25) is 0 Å². The number of benzene rings is 1. The van der Waals surface area contributed by atoms with Crippen LogP contribution in [0.1, 0.15) is 45.2 Å². The summed E-state index contributed by atoms with van der Waals surface area (Å²) >= 11 is 1.43. The molecule has 2 aromatic heterocycles. The smallest absolute Gasteiger partial charge is 0.271 e. The summed E-state index contributed by atoms with van der Waals surface area (Å²) in [5, 5.41) is 2.97. The van der Waals surface area contributed by atoms with Gasteiger partial charge in [0, 0.05) is 23.8 Å². The molecule has 1 atom stereocenters. The third-order valence-electron chi connectivity index (χ3n) is 5.27. The minimum atomic E-state index is -0.368. The van der Waals surface area contributed by atoms with Gasteiger partial charge in [0.15, 0.2) is 4.96 Å². The largest absolute Gasteiger partial charge is 0.350 e. The van der Waals surface area contributed by atoms with Gasteiger partial charge in [-0.25, -0.2) is 4.98 Å². The van der Waals surface area contributed by atoms with Crippen LogP contribution >= 0.6 is 11.3 Å². The van der Waals surface area contributed by atoms with Gasteiger partial charge in [-0.05, 0) is 45.3 Å². The van der Waals surface area contributed by atoms with E-state index in [0.29, 0.717) is 11.5 Å². The molecule has 1 aliphatic rings. The van der Waals surface area contributed by atoms with Gasteiger partial charge in [0.05, 0.1) is 6.04 Å². The number of rotatable bonds is 5. The fourth-order valence-electron chi connectivity index (χ4n) is 3.74. The van der Waals surface area contributed by atoms with Crippen molar-refractivity contribution in [2.45, 2.75) is 32.7 Å². The third kappa shape index (κ3) is 3.72. The number of aromatic nitrogens is 2. The molecule has 0 bridgehead atoms. The second-order valence-corrected chi connectivity index (χ2v) is 8.56. The summed E-state index contributed by atoms with van der Waals surface area (Å²) in [6.45, 7) is 6.50. The molecule has 146 valence electrons. The fraction of sp³-hybridized carbons (Fsp3) is 0.381. The Morgan fingerprint density at radius 1 is 1.21 bits per heavy atom. The third-order valence-corrected chi connectivity index (χ3v) is 6.18. The molecule has 7 heteroatoms. The van der Waals surface area contributed by atoms with Crippen LogP contribution in [-0.4, -0.2) is 39.8 Å². The van der Waals surface area contributed by atoms with E-state index in [1.165, 1.54) is 45.9 Å². The molecule has 0 saturated carbocycles. The zero-order chi connectivity index (χ0) is 19.7. The number of carbonyl (C=O) groups excluding carboxylic acids is 1. The highest BCUT2D eigenvalue weighted by atomic mass is 32.1. The lowest BCUT2D eigenvalue weighted by molar-refractivity contribution is 0.0936. The van der Waals surface area contributed by atoms with Gasteiger partial charge in [-0.3, -0.25) is 18.9 Å². The minimum Gasteiger partial charge on any atom is -0.350 e. The summed E-state index contributed by atoms with van der Waals surface area (Å²) in [4.78, 5) is 33.6. The molecule has 28 heavy (non-hydrogen) atoms. The number of nitrogens with zero attached hydrogens (tertiary/aromatic N) is 3. The summed E-state index contributed by atoms with van der Waals surface area (Å²) in [6, 6.07) is 8.56. The van der Waals surface area contributed by atoms with E-state index in [9.17, 15) is 9.59 Å². The van der Waals surface area contributed by atoms with E-state index >= 15 is 0 Å². The lowest BCUT2D eigenvalue weighted by Crippen LogP contribution is -2.38. The lowest BCUT2D eigenvalue weighted by Gasteiger charge is -2.28. The first-order valence-electron chi connectivity index (χ1n) is 9.59. The summed E-state index contributed by atoms with van der Waals surface area (Å²) < 4.78 is 1.45. The maximum Gasteiger partial charge on any atom is 0.271 e. The van der Waals surface area contributed by atoms with E-state index in [0.717, 1.165) is 18.0 Å². The van der Waals surface area contributed by atoms with Crippen molar-refractivity contribution in [1.82, 2.24) is 19.6 Å². The Labute approximate surface area is 167 Å². The molecule has 1 aromatic carbocycles. The summed E-state index contributed by atoms with van der Waals surface area (Å²) in [6.07, 6.45) is 5.47. The van der Waals surface area contributed by atoms with E-state index < -0.39 is 0 Å². The Kier molecular flexibility index (Phi) is 5.28. The van der Waals surface area contributed by atoms with Gasteiger partial charge >= 0.3 is 0 Å². The molecule has 6 nitrogen and oxygen atoms in total. The number of fused-ring (bicyclic) bond motifs is 1. The Morgan fingerprint density at radius 3 is 2.64 bits per heavy atom. The second kappa shape index (κ2) is 7.85. The van der Waals surface area contributed by atoms with Gasteiger partial charge in [-0.15, -0.1) is 11.3 Å². The molecule has 0 radical (unpaired) electrons. The van der Waals surface area contributed by atoms with Crippen LogP contribution in [0.15, 0.2) is 41.5 Å². The van der Waals surface area contributed by atoms with Crippen molar-refractivity contribution < 1.29 is 4.79 Å². The van der Waals surface area contributed by atoms with Crippen LogP contribution in [0.5, 0.6) is 0 Å². The molecule has 0 unspecified atom stereocenters. The van der Waals surface area contributed by atoms with E-state index in [1.54, 1.807) is 6.20 Å². The van der Waals surface area contributed by atoms with Crippen molar-refractivity contribution in [2.24, 2.45) is 0 Å². The summed E-state index contributed by atoms with van der Waals surface area (Å²) in [5.74, 6) is -0.368. The second-order valence-electron chi connectivity index (χ2n) is 7.35. The molecular weight excluding hydrogens is 372 g/mol. The van der Waals surface area contributed by atoms with Crippen LogP contribution in [0.4, 0.5) is 0 Å². The SMILES string of the molecule is Cc1ccc([C@H](CNC(=O)c2cnc3sc(C)cn3c2=O)N2CCCC2)cc1. The van der Waals surface area contributed by atoms with Gasteiger partial charge in [0.1, 0.15) is 5.56 Å². The number of amides is 1. The average Bonchev–Trinajstić information content (AvgIpc) is 3.33. The monoisotopic (exact) mass is 396 g/mol. The zero-order valence-corrected chi connectivity index (χ0v) is 17.0. The van der Waals surface area contributed by atoms with Crippen molar-refractivity contribution in [1.29, 1.82) is 0 Å². The molecule has 0 spiro atoms. The Morgan fingerprint density at radius 2 is 1.93 bits per heavy atom. The van der Waals surface area contributed by atoms with Gasteiger partial charge in [-0.1, -0.05) is 29.8 Å². The van der Waals surface area contributed by atoms with Gasteiger partial charge in [0.25, 0.3) is 11.5 Å². The molecule has 3 heterocycles. The maximum atomic E-state index is 12.7. The Balaban J connectivity index is 1.55. The van der Waals surface area contributed by atoms with E-state index in [1.807, 2.05) is 6.92 Å². The summed E-state index contributed by atoms with van der Waals surface area (Å²) in [5.41, 5.74) is 2.16. The van der Waals surface area contributed by atoms with Crippen LogP contribution in [0.3, 0.4) is 0 Å². The number of hydrogen-bond donors (Lipinski definition) is 1. The number of thiazole rings is 1.